The van der Waals surface area contributed by atoms with Crippen molar-refractivity contribution >= 4 is 11.9 Å². The minimum absolute atomic E-state index is 0.0285. The smallest absolute Gasteiger partial charge is 0.303 e. The summed E-state index contributed by atoms with van der Waals surface area (Å²) in [5.74, 6) is -1.33. The van der Waals surface area contributed by atoms with E-state index in [1.54, 1.807) is 6.92 Å². The van der Waals surface area contributed by atoms with Crippen LogP contribution >= 0.6 is 0 Å². The molecule has 1 aromatic heterocycles. The number of carbonyl (C=O) groups excluding carboxylic acids is 1. The molecular weight excluding hydrogens is 210 g/mol. The molecule has 0 radical (unpaired) electrons. The maximum absolute atomic E-state index is 11.5. The summed E-state index contributed by atoms with van der Waals surface area (Å²) in [4.78, 5) is 29.5. The van der Waals surface area contributed by atoms with Gasteiger partial charge in [0.1, 0.15) is 5.69 Å². The van der Waals surface area contributed by atoms with Gasteiger partial charge in [-0.25, -0.2) is 4.98 Å². The molecule has 6 nitrogen and oxygen atoms in total. The molecule has 0 spiro atoms. The van der Waals surface area contributed by atoms with Crippen molar-refractivity contribution in [2.45, 2.75) is 13.3 Å². The highest BCUT2D eigenvalue weighted by atomic mass is 16.4. The highest BCUT2D eigenvalue weighted by Gasteiger charge is 2.11. The third-order valence-electron chi connectivity index (χ3n) is 1.93. The van der Waals surface area contributed by atoms with Gasteiger partial charge in [0.2, 0.25) is 0 Å². The SMILES string of the molecule is CC(CNC(=O)c1cnccn1)CC(=O)O. The van der Waals surface area contributed by atoms with Crippen LogP contribution in [-0.2, 0) is 4.79 Å². The van der Waals surface area contributed by atoms with Crippen molar-refractivity contribution in [1.29, 1.82) is 0 Å². The number of hydrogen-bond acceptors (Lipinski definition) is 4. The van der Waals surface area contributed by atoms with E-state index in [0.29, 0.717) is 6.54 Å². The van der Waals surface area contributed by atoms with Crippen LogP contribution in [0.4, 0.5) is 0 Å². The van der Waals surface area contributed by atoms with Crippen LogP contribution < -0.4 is 5.32 Å². The van der Waals surface area contributed by atoms with E-state index in [-0.39, 0.29) is 23.9 Å². The van der Waals surface area contributed by atoms with Crippen molar-refractivity contribution in [2.24, 2.45) is 5.92 Å². The molecule has 0 saturated carbocycles. The number of carbonyl (C=O) groups is 2. The zero-order valence-corrected chi connectivity index (χ0v) is 8.88. The molecule has 0 fully saturated rings. The van der Waals surface area contributed by atoms with Gasteiger partial charge >= 0.3 is 5.97 Å². The number of nitrogens with zero attached hydrogens (tertiary/aromatic N) is 2. The van der Waals surface area contributed by atoms with Crippen LogP contribution in [0.15, 0.2) is 18.6 Å². The number of aromatic nitrogens is 2. The Kier molecular flexibility index (Phi) is 4.38. The van der Waals surface area contributed by atoms with Crippen LogP contribution in [0.25, 0.3) is 0 Å². The van der Waals surface area contributed by atoms with E-state index < -0.39 is 5.97 Å². The third kappa shape index (κ3) is 4.04. The number of carboxylic acids is 1. The highest BCUT2D eigenvalue weighted by Crippen LogP contribution is 2.00. The lowest BCUT2D eigenvalue weighted by molar-refractivity contribution is -0.137. The minimum Gasteiger partial charge on any atom is -0.481 e. The summed E-state index contributed by atoms with van der Waals surface area (Å²) in [5, 5.41) is 11.1. The van der Waals surface area contributed by atoms with Crippen molar-refractivity contribution in [3.63, 3.8) is 0 Å². The fraction of sp³-hybridized carbons (Fsp3) is 0.400. The molecule has 0 aliphatic carbocycles. The average molecular weight is 223 g/mol. The van der Waals surface area contributed by atoms with Gasteiger partial charge in [0.05, 0.1) is 6.20 Å². The maximum atomic E-state index is 11.5. The summed E-state index contributed by atoms with van der Waals surface area (Å²) >= 11 is 0. The van der Waals surface area contributed by atoms with Crippen LogP contribution in [0.3, 0.4) is 0 Å². The lowest BCUT2D eigenvalue weighted by Crippen LogP contribution is -2.29. The second-order valence-electron chi connectivity index (χ2n) is 3.50. The normalized spacial score (nSPS) is 11.8. The van der Waals surface area contributed by atoms with E-state index in [1.165, 1.54) is 18.6 Å². The third-order valence-corrected chi connectivity index (χ3v) is 1.93. The second kappa shape index (κ2) is 5.79. The topological polar surface area (TPSA) is 92.2 Å². The van der Waals surface area contributed by atoms with E-state index in [0.717, 1.165) is 0 Å². The van der Waals surface area contributed by atoms with Gasteiger partial charge in [-0.1, -0.05) is 6.92 Å². The molecule has 1 heterocycles. The van der Waals surface area contributed by atoms with Gasteiger partial charge in [0.25, 0.3) is 5.91 Å². The molecule has 1 rings (SSSR count). The Balaban J connectivity index is 2.39. The lowest BCUT2D eigenvalue weighted by Gasteiger charge is -2.09. The molecule has 1 aromatic rings. The molecule has 1 atom stereocenters. The monoisotopic (exact) mass is 223 g/mol. The molecule has 0 aliphatic rings. The Bertz CT molecular complexity index is 367. The first-order valence-corrected chi connectivity index (χ1v) is 4.85. The van der Waals surface area contributed by atoms with Gasteiger partial charge in [-0.2, -0.15) is 0 Å². The molecule has 0 saturated heterocycles. The number of amides is 1. The fourth-order valence-electron chi connectivity index (χ4n) is 1.14. The molecule has 0 aromatic carbocycles. The maximum Gasteiger partial charge on any atom is 0.303 e. The quantitative estimate of drug-likeness (QED) is 0.749. The largest absolute Gasteiger partial charge is 0.481 e. The number of hydrogen-bond donors (Lipinski definition) is 2. The van der Waals surface area contributed by atoms with Crippen LogP contribution in [-0.4, -0.2) is 33.5 Å². The first kappa shape index (κ1) is 12.1. The molecule has 0 aliphatic heterocycles. The Morgan fingerprint density at radius 2 is 2.25 bits per heavy atom. The summed E-state index contributed by atoms with van der Waals surface area (Å²) in [6, 6.07) is 0. The van der Waals surface area contributed by atoms with Crippen molar-refractivity contribution in [3.8, 4) is 0 Å². The minimum atomic E-state index is -0.874. The zero-order valence-electron chi connectivity index (χ0n) is 8.88. The second-order valence-corrected chi connectivity index (χ2v) is 3.50. The predicted octanol–water partition coefficient (Wildman–Crippen LogP) is 0.317. The van der Waals surface area contributed by atoms with Crippen LogP contribution in [0.5, 0.6) is 0 Å². The van der Waals surface area contributed by atoms with Crippen LogP contribution in [0.2, 0.25) is 0 Å². The summed E-state index contributed by atoms with van der Waals surface area (Å²) in [6.45, 7) is 2.06. The van der Waals surface area contributed by atoms with Crippen molar-refractivity contribution in [2.75, 3.05) is 6.54 Å². The van der Waals surface area contributed by atoms with Gasteiger partial charge in [0, 0.05) is 25.4 Å². The van der Waals surface area contributed by atoms with Crippen LogP contribution in [0.1, 0.15) is 23.8 Å². The Morgan fingerprint density at radius 3 is 2.81 bits per heavy atom. The van der Waals surface area contributed by atoms with Gasteiger partial charge in [-0.05, 0) is 5.92 Å². The predicted molar refractivity (Wildman–Crippen MR) is 55.8 cm³/mol. The van der Waals surface area contributed by atoms with E-state index in [4.69, 9.17) is 5.11 Å². The van der Waals surface area contributed by atoms with Crippen LogP contribution in [0, 0.1) is 5.92 Å². The molecule has 1 unspecified atom stereocenters. The van der Waals surface area contributed by atoms with Crippen molar-refractivity contribution in [1.82, 2.24) is 15.3 Å². The van der Waals surface area contributed by atoms with Gasteiger partial charge in [-0.15, -0.1) is 0 Å². The van der Waals surface area contributed by atoms with E-state index >= 15 is 0 Å². The summed E-state index contributed by atoms with van der Waals surface area (Å²) in [7, 11) is 0. The molecule has 16 heavy (non-hydrogen) atoms. The number of aliphatic carboxylic acids is 1. The molecule has 2 N–H and O–H groups in total. The first-order valence-electron chi connectivity index (χ1n) is 4.85. The Morgan fingerprint density at radius 1 is 1.50 bits per heavy atom. The van der Waals surface area contributed by atoms with Gasteiger partial charge in [-0.3, -0.25) is 14.6 Å². The van der Waals surface area contributed by atoms with E-state index in [2.05, 4.69) is 15.3 Å². The molecule has 6 heteroatoms. The summed E-state index contributed by atoms with van der Waals surface area (Å²) < 4.78 is 0. The number of rotatable bonds is 5. The summed E-state index contributed by atoms with van der Waals surface area (Å²) in [5.41, 5.74) is 0.227. The lowest BCUT2D eigenvalue weighted by atomic mass is 10.1. The highest BCUT2D eigenvalue weighted by molar-refractivity contribution is 5.91. The van der Waals surface area contributed by atoms with E-state index in [1.807, 2.05) is 0 Å². The first-order chi connectivity index (χ1) is 7.59. The van der Waals surface area contributed by atoms with Gasteiger partial charge in [0.15, 0.2) is 0 Å². The standard InChI is InChI=1S/C10H13N3O3/c1-7(4-9(14)15)5-13-10(16)8-6-11-2-3-12-8/h2-3,6-7H,4-5H2,1H3,(H,13,16)(H,14,15). The molecule has 86 valence electrons. The van der Waals surface area contributed by atoms with Gasteiger partial charge < -0.3 is 10.4 Å². The van der Waals surface area contributed by atoms with E-state index in [9.17, 15) is 9.59 Å². The number of nitrogens with one attached hydrogen (secondary N) is 1. The Hall–Kier alpha value is -1.98. The fourth-order valence-corrected chi connectivity index (χ4v) is 1.14. The average Bonchev–Trinajstić information content (AvgIpc) is 2.26. The zero-order chi connectivity index (χ0) is 12.0. The van der Waals surface area contributed by atoms with Crippen molar-refractivity contribution in [3.05, 3.63) is 24.3 Å². The molecule has 0 bridgehead atoms. The van der Waals surface area contributed by atoms with Crippen molar-refractivity contribution < 1.29 is 14.7 Å². The molecule has 1 amide bonds. The Labute approximate surface area is 92.7 Å². The molecular formula is C10H13N3O3. The number of carboxylic acid groups (broad SMARTS) is 1. The summed E-state index contributed by atoms with van der Waals surface area (Å²) in [6.07, 6.45) is 4.29.